The average Bonchev–Trinajstić information content (AvgIpc) is 2.46. The largest absolute Gasteiger partial charge is 0.598 e. The zero-order valence-electron chi connectivity index (χ0n) is 14.5. The Morgan fingerprint density at radius 3 is 2.38 bits per heavy atom. The van der Waals surface area contributed by atoms with Crippen molar-refractivity contribution in [1.29, 1.82) is 0 Å². The van der Waals surface area contributed by atoms with Crippen LogP contribution in [0.4, 0.5) is 13.2 Å². The average molecular weight is 364 g/mol. The highest BCUT2D eigenvalue weighted by atomic mass is 32.2. The highest BCUT2D eigenvalue weighted by Gasteiger charge is 2.44. The van der Waals surface area contributed by atoms with Crippen molar-refractivity contribution < 1.29 is 22.5 Å². The molecule has 0 saturated heterocycles. The number of rotatable bonds is 6. The van der Waals surface area contributed by atoms with Crippen LogP contribution < -0.4 is 4.72 Å². The van der Waals surface area contributed by atoms with Gasteiger partial charge in [0.2, 0.25) is 0 Å². The quantitative estimate of drug-likeness (QED) is 0.790. The van der Waals surface area contributed by atoms with Gasteiger partial charge < -0.3 is 9.45 Å². The Hall–Kier alpha value is -1.25. The SMILES string of the molecule is CN(C)C(=O)C(F)(F)c1cccc(CCN[S+]([O-])C(C)(C)C)c1F. The summed E-state index contributed by atoms with van der Waals surface area (Å²) in [5.74, 6) is -6.53. The van der Waals surface area contributed by atoms with Crippen LogP contribution in [0.5, 0.6) is 0 Å². The minimum Gasteiger partial charge on any atom is -0.598 e. The molecule has 0 bridgehead atoms. The standard InChI is InChI=1S/C16H23F3N2O2S/c1-15(2,3)24(23)20-10-9-11-7-6-8-12(13(11)17)16(18,19)14(22)21(4)5/h6-8,20H,9-10H2,1-5H3. The monoisotopic (exact) mass is 364 g/mol. The van der Waals surface area contributed by atoms with Crippen molar-refractivity contribution in [2.24, 2.45) is 0 Å². The third-order valence-corrected chi connectivity index (χ3v) is 4.85. The molecule has 0 aliphatic rings. The van der Waals surface area contributed by atoms with Gasteiger partial charge in [-0.2, -0.15) is 8.78 Å². The third kappa shape index (κ3) is 4.87. The Balaban J connectivity index is 2.92. The van der Waals surface area contributed by atoms with Crippen LogP contribution in [-0.4, -0.2) is 40.7 Å². The lowest BCUT2D eigenvalue weighted by molar-refractivity contribution is -0.156. The van der Waals surface area contributed by atoms with Gasteiger partial charge in [0.05, 0.1) is 5.56 Å². The lowest BCUT2D eigenvalue weighted by atomic mass is 10.0. The van der Waals surface area contributed by atoms with E-state index in [0.717, 1.165) is 11.0 Å². The fourth-order valence-electron chi connectivity index (χ4n) is 1.91. The Bertz CT molecular complexity index is 589. The van der Waals surface area contributed by atoms with Crippen LogP contribution in [-0.2, 0) is 28.5 Å². The van der Waals surface area contributed by atoms with E-state index in [0.29, 0.717) is 0 Å². The van der Waals surface area contributed by atoms with Crippen LogP contribution in [0.15, 0.2) is 18.2 Å². The van der Waals surface area contributed by atoms with E-state index in [1.165, 1.54) is 26.2 Å². The first-order chi connectivity index (χ1) is 10.9. The van der Waals surface area contributed by atoms with Gasteiger partial charge in [-0.25, -0.2) is 4.39 Å². The predicted octanol–water partition coefficient (Wildman–Crippen LogP) is 2.60. The molecule has 0 spiro atoms. The maximum Gasteiger partial charge on any atom is 0.352 e. The molecule has 0 aromatic heterocycles. The maximum absolute atomic E-state index is 14.4. The van der Waals surface area contributed by atoms with Crippen molar-refractivity contribution in [2.45, 2.75) is 37.9 Å². The van der Waals surface area contributed by atoms with E-state index in [9.17, 15) is 22.5 Å². The number of hydrogen-bond donors (Lipinski definition) is 1. The van der Waals surface area contributed by atoms with Crippen molar-refractivity contribution in [2.75, 3.05) is 20.6 Å². The minimum absolute atomic E-state index is 0.0390. The number of likely N-dealkylation sites (N-methyl/N-ethyl adjacent to an activating group) is 1. The minimum atomic E-state index is -3.94. The van der Waals surface area contributed by atoms with Gasteiger partial charge in [-0.1, -0.05) is 12.1 Å². The second-order valence-electron chi connectivity index (χ2n) is 6.58. The molecule has 1 amide bonds. The number of carbonyl (C=O) groups is 1. The zero-order chi connectivity index (χ0) is 18.7. The normalized spacial score (nSPS) is 13.7. The van der Waals surface area contributed by atoms with Crippen molar-refractivity contribution >= 4 is 17.3 Å². The van der Waals surface area contributed by atoms with Crippen LogP contribution in [0.25, 0.3) is 0 Å². The predicted molar refractivity (Wildman–Crippen MR) is 88.6 cm³/mol. The topological polar surface area (TPSA) is 55.4 Å². The van der Waals surface area contributed by atoms with Crippen molar-refractivity contribution in [3.8, 4) is 0 Å². The van der Waals surface area contributed by atoms with Crippen LogP contribution in [0.2, 0.25) is 0 Å². The second-order valence-corrected chi connectivity index (χ2v) is 8.63. The van der Waals surface area contributed by atoms with Gasteiger partial charge in [-0.15, -0.1) is 4.72 Å². The number of nitrogens with zero attached hydrogens (tertiary/aromatic N) is 1. The Kier molecular flexibility index (Phi) is 6.72. The molecule has 1 rings (SSSR count). The molecule has 8 heteroatoms. The lowest BCUT2D eigenvalue weighted by Crippen LogP contribution is -2.40. The molecular formula is C16H23F3N2O2S. The smallest absolute Gasteiger partial charge is 0.352 e. The van der Waals surface area contributed by atoms with E-state index >= 15 is 0 Å². The summed E-state index contributed by atoms with van der Waals surface area (Å²) in [4.78, 5) is 12.3. The fourth-order valence-corrected chi connectivity index (χ4v) is 2.63. The van der Waals surface area contributed by atoms with E-state index in [1.54, 1.807) is 20.8 Å². The number of hydrogen-bond acceptors (Lipinski definition) is 3. The molecule has 4 nitrogen and oxygen atoms in total. The number of carbonyl (C=O) groups excluding carboxylic acids is 1. The number of nitrogens with one attached hydrogen (secondary N) is 1. The Labute approximate surface area is 143 Å². The fraction of sp³-hybridized carbons (Fsp3) is 0.562. The third-order valence-electron chi connectivity index (χ3n) is 3.28. The Morgan fingerprint density at radius 2 is 1.88 bits per heavy atom. The summed E-state index contributed by atoms with van der Waals surface area (Å²) in [5.41, 5.74) is -0.909. The lowest BCUT2D eigenvalue weighted by Gasteiger charge is -2.24. The first-order valence-electron chi connectivity index (χ1n) is 7.42. The summed E-state index contributed by atoms with van der Waals surface area (Å²) in [6.45, 7) is 5.51. The van der Waals surface area contributed by atoms with Gasteiger partial charge in [0, 0.05) is 32.0 Å². The summed E-state index contributed by atoms with van der Waals surface area (Å²) in [6, 6.07) is 3.56. The number of benzene rings is 1. The summed E-state index contributed by atoms with van der Waals surface area (Å²) >= 11 is -1.33. The molecular weight excluding hydrogens is 341 g/mol. The van der Waals surface area contributed by atoms with Gasteiger partial charge >= 0.3 is 5.92 Å². The molecule has 0 heterocycles. The highest BCUT2D eigenvalue weighted by Crippen LogP contribution is 2.33. The van der Waals surface area contributed by atoms with Crippen molar-refractivity contribution in [3.05, 3.63) is 35.1 Å². The van der Waals surface area contributed by atoms with Crippen LogP contribution in [0.1, 0.15) is 31.9 Å². The molecule has 0 aliphatic carbocycles. The summed E-state index contributed by atoms with van der Waals surface area (Å²) < 4.78 is 56.8. The number of alkyl halides is 2. The molecule has 24 heavy (non-hydrogen) atoms. The van der Waals surface area contributed by atoms with E-state index in [-0.39, 0.29) is 18.5 Å². The molecule has 0 aliphatic heterocycles. The van der Waals surface area contributed by atoms with Crippen LogP contribution in [0, 0.1) is 5.82 Å². The van der Waals surface area contributed by atoms with Gasteiger partial charge in [0.1, 0.15) is 10.6 Å². The van der Waals surface area contributed by atoms with E-state index in [1.807, 2.05) is 0 Å². The first-order valence-corrected chi connectivity index (χ1v) is 8.56. The van der Waals surface area contributed by atoms with E-state index < -0.39 is 39.3 Å². The molecule has 0 fully saturated rings. The molecule has 1 N–H and O–H groups in total. The van der Waals surface area contributed by atoms with Crippen LogP contribution in [0.3, 0.4) is 0 Å². The van der Waals surface area contributed by atoms with Crippen LogP contribution >= 0.6 is 0 Å². The molecule has 1 aromatic carbocycles. The van der Waals surface area contributed by atoms with Crippen molar-refractivity contribution in [1.82, 2.24) is 9.62 Å². The molecule has 1 unspecified atom stereocenters. The molecule has 1 atom stereocenters. The first kappa shape index (κ1) is 20.8. The summed E-state index contributed by atoms with van der Waals surface area (Å²) in [6.07, 6.45) is 0.0771. The Morgan fingerprint density at radius 1 is 1.29 bits per heavy atom. The summed E-state index contributed by atoms with van der Waals surface area (Å²) in [5, 5.41) is 0. The summed E-state index contributed by atoms with van der Waals surface area (Å²) in [7, 11) is 2.37. The van der Waals surface area contributed by atoms with Gasteiger partial charge in [-0.3, -0.25) is 4.79 Å². The maximum atomic E-state index is 14.4. The zero-order valence-corrected chi connectivity index (χ0v) is 15.3. The number of halogens is 3. The second kappa shape index (κ2) is 7.76. The number of amides is 1. The molecule has 0 saturated carbocycles. The van der Waals surface area contributed by atoms with Crippen molar-refractivity contribution in [3.63, 3.8) is 0 Å². The van der Waals surface area contributed by atoms with Gasteiger partial charge in [0.25, 0.3) is 5.91 Å². The molecule has 0 radical (unpaired) electrons. The molecule has 136 valence electrons. The van der Waals surface area contributed by atoms with E-state index in [4.69, 9.17) is 0 Å². The molecule has 1 aromatic rings. The van der Waals surface area contributed by atoms with Gasteiger partial charge in [0.15, 0.2) is 0 Å². The van der Waals surface area contributed by atoms with Gasteiger partial charge in [-0.05, 0) is 38.8 Å². The van der Waals surface area contributed by atoms with E-state index in [2.05, 4.69) is 4.72 Å². The highest BCUT2D eigenvalue weighted by molar-refractivity contribution is 7.90.